The highest BCUT2D eigenvalue weighted by Crippen LogP contribution is 2.26. The molecular weight excluding hydrogens is 475 g/mol. The van der Waals surface area contributed by atoms with Gasteiger partial charge in [0.05, 0.1) is 6.54 Å². The Hall–Kier alpha value is -0.860. The largest absolute Gasteiger partial charge is 0.381 e. The molecule has 0 aromatic heterocycles. The van der Waals surface area contributed by atoms with Gasteiger partial charge in [0.25, 0.3) is 0 Å². The van der Waals surface area contributed by atoms with E-state index in [-0.39, 0.29) is 29.5 Å². The van der Waals surface area contributed by atoms with Crippen LogP contribution in [-0.2, 0) is 4.74 Å². The number of halogens is 1. The lowest BCUT2D eigenvalue weighted by Gasteiger charge is -2.40. The first-order chi connectivity index (χ1) is 13.6. The van der Waals surface area contributed by atoms with Crippen LogP contribution in [0.15, 0.2) is 35.3 Å². The maximum absolute atomic E-state index is 5.68. The Labute approximate surface area is 194 Å². The van der Waals surface area contributed by atoms with Crippen molar-refractivity contribution in [2.24, 2.45) is 10.9 Å². The van der Waals surface area contributed by atoms with Gasteiger partial charge in [-0.2, -0.15) is 0 Å². The SMILES string of the molecule is CCNC(=NCC1(NC(C)c2ccccc2)CCOCC1)N1CCC(C)CC1.I. The second-order valence-corrected chi connectivity index (χ2v) is 8.51. The minimum atomic E-state index is -0.00272. The zero-order chi connectivity index (χ0) is 19.8. The van der Waals surface area contributed by atoms with Gasteiger partial charge >= 0.3 is 0 Å². The molecule has 2 N–H and O–H groups in total. The van der Waals surface area contributed by atoms with Crippen LogP contribution in [0.25, 0.3) is 0 Å². The second kappa shape index (κ2) is 12.1. The van der Waals surface area contributed by atoms with E-state index in [1.807, 2.05) is 0 Å². The van der Waals surface area contributed by atoms with Gasteiger partial charge in [-0.25, -0.2) is 0 Å². The van der Waals surface area contributed by atoms with Crippen LogP contribution in [0.3, 0.4) is 0 Å². The third-order valence-corrected chi connectivity index (χ3v) is 6.22. The molecule has 2 aliphatic heterocycles. The fraction of sp³-hybridized carbons (Fsp3) is 0.696. The number of guanidine groups is 1. The smallest absolute Gasteiger partial charge is 0.193 e. The molecule has 2 saturated heterocycles. The van der Waals surface area contributed by atoms with E-state index in [1.165, 1.54) is 18.4 Å². The number of hydrogen-bond acceptors (Lipinski definition) is 3. The Morgan fingerprint density at radius 1 is 1.21 bits per heavy atom. The highest BCUT2D eigenvalue weighted by Gasteiger charge is 2.34. The van der Waals surface area contributed by atoms with Gasteiger partial charge in [-0.15, -0.1) is 24.0 Å². The molecule has 0 amide bonds. The van der Waals surface area contributed by atoms with E-state index in [0.29, 0.717) is 6.04 Å². The van der Waals surface area contributed by atoms with Crippen LogP contribution in [0.1, 0.15) is 58.1 Å². The number of benzene rings is 1. The highest BCUT2D eigenvalue weighted by atomic mass is 127. The Kier molecular flexibility index (Phi) is 10.2. The molecule has 164 valence electrons. The number of hydrogen-bond donors (Lipinski definition) is 2. The maximum atomic E-state index is 5.68. The first kappa shape index (κ1) is 24.4. The van der Waals surface area contributed by atoms with E-state index in [2.05, 4.69) is 66.6 Å². The van der Waals surface area contributed by atoms with E-state index >= 15 is 0 Å². The number of aliphatic imine (C=N–C) groups is 1. The minimum absolute atomic E-state index is 0. The summed E-state index contributed by atoms with van der Waals surface area (Å²) < 4.78 is 5.68. The van der Waals surface area contributed by atoms with Crippen molar-refractivity contribution in [1.82, 2.24) is 15.5 Å². The molecule has 29 heavy (non-hydrogen) atoms. The number of likely N-dealkylation sites (tertiary alicyclic amines) is 1. The summed E-state index contributed by atoms with van der Waals surface area (Å²) >= 11 is 0. The molecule has 1 unspecified atom stereocenters. The van der Waals surface area contributed by atoms with E-state index in [1.54, 1.807) is 0 Å². The molecule has 0 radical (unpaired) electrons. The molecule has 1 atom stereocenters. The van der Waals surface area contributed by atoms with Crippen molar-refractivity contribution in [2.75, 3.05) is 39.4 Å². The molecule has 0 aliphatic carbocycles. The standard InChI is InChI=1S/C23H38N4O.HI/c1-4-24-22(27-14-10-19(2)11-15-27)25-18-23(12-16-28-17-13-23)26-20(3)21-8-6-5-7-9-21;/h5-9,19-20,26H,4,10-18H2,1-3H3,(H,24,25);1H. The maximum Gasteiger partial charge on any atom is 0.193 e. The van der Waals surface area contributed by atoms with Gasteiger partial charge < -0.3 is 20.3 Å². The van der Waals surface area contributed by atoms with Crippen LogP contribution >= 0.6 is 24.0 Å². The molecule has 6 heteroatoms. The van der Waals surface area contributed by atoms with E-state index < -0.39 is 0 Å². The molecule has 0 saturated carbocycles. The summed E-state index contributed by atoms with van der Waals surface area (Å²) in [7, 11) is 0. The fourth-order valence-corrected chi connectivity index (χ4v) is 4.27. The predicted molar refractivity (Wildman–Crippen MR) is 132 cm³/mol. The Morgan fingerprint density at radius 3 is 2.48 bits per heavy atom. The Bertz CT molecular complexity index is 611. The molecule has 2 aliphatic rings. The summed E-state index contributed by atoms with van der Waals surface area (Å²) in [5.41, 5.74) is 1.33. The Balaban J connectivity index is 0.00000300. The number of nitrogens with one attached hydrogen (secondary N) is 2. The zero-order valence-electron chi connectivity index (χ0n) is 18.3. The molecule has 3 rings (SSSR count). The molecule has 5 nitrogen and oxygen atoms in total. The fourth-order valence-electron chi connectivity index (χ4n) is 4.27. The topological polar surface area (TPSA) is 48.9 Å². The minimum Gasteiger partial charge on any atom is -0.381 e. The average Bonchev–Trinajstić information content (AvgIpc) is 2.73. The third-order valence-electron chi connectivity index (χ3n) is 6.22. The second-order valence-electron chi connectivity index (χ2n) is 8.51. The van der Waals surface area contributed by atoms with Crippen LogP contribution in [0.4, 0.5) is 0 Å². The van der Waals surface area contributed by atoms with Crippen LogP contribution in [0.2, 0.25) is 0 Å². The van der Waals surface area contributed by atoms with Gasteiger partial charge in [-0.3, -0.25) is 4.99 Å². The van der Waals surface area contributed by atoms with Crippen LogP contribution in [0.5, 0.6) is 0 Å². The summed E-state index contributed by atoms with van der Waals surface area (Å²) in [5, 5.41) is 7.45. The van der Waals surface area contributed by atoms with Gasteiger partial charge in [0.1, 0.15) is 0 Å². The number of piperidine rings is 1. The summed E-state index contributed by atoms with van der Waals surface area (Å²) in [6, 6.07) is 11.0. The van der Waals surface area contributed by atoms with Crippen molar-refractivity contribution in [2.45, 2.75) is 58.0 Å². The van der Waals surface area contributed by atoms with Gasteiger partial charge in [-0.1, -0.05) is 37.3 Å². The van der Waals surface area contributed by atoms with E-state index in [9.17, 15) is 0 Å². The van der Waals surface area contributed by atoms with Gasteiger partial charge in [0, 0.05) is 44.4 Å². The number of ether oxygens (including phenoxy) is 1. The number of nitrogens with zero attached hydrogens (tertiary/aromatic N) is 2. The third kappa shape index (κ3) is 7.10. The first-order valence-electron chi connectivity index (χ1n) is 11.1. The van der Waals surface area contributed by atoms with Gasteiger partial charge in [-0.05, 0) is 51.0 Å². The van der Waals surface area contributed by atoms with E-state index in [0.717, 1.165) is 64.1 Å². The van der Waals surface area contributed by atoms with Gasteiger partial charge in [0.15, 0.2) is 5.96 Å². The van der Waals surface area contributed by atoms with Crippen molar-refractivity contribution in [3.05, 3.63) is 35.9 Å². The van der Waals surface area contributed by atoms with Crippen LogP contribution in [0, 0.1) is 5.92 Å². The molecule has 0 spiro atoms. The molecule has 1 aromatic rings. The van der Waals surface area contributed by atoms with Crippen LogP contribution < -0.4 is 10.6 Å². The van der Waals surface area contributed by atoms with Crippen molar-refractivity contribution in [1.29, 1.82) is 0 Å². The lowest BCUT2D eigenvalue weighted by Crippen LogP contribution is -2.53. The lowest BCUT2D eigenvalue weighted by atomic mass is 9.88. The lowest BCUT2D eigenvalue weighted by molar-refractivity contribution is 0.0373. The highest BCUT2D eigenvalue weighted by molar-refractivity contribution is 14.0. The summed E-state index contributed by atoms with van der Waals surface area (Å²) in [5.74, 6) is 1.91. The Morgan fingerprint density at radius 2 is 1.86 bits per heavy atom. The molecular formula is C23H39IN4O. The van der Waals surface area contributed by atoms with Gasteiger partial charge in [0.2, 0.25) is 0 Å². The zero-order valence-corrected chi connectivity index (χ0v) is 20.7. The monoisotopic (exact) mass is 514 g/mol. The molecule has 2 fully saturated rings. The van der Waals surface area contributed by atoms with Crippen molar-refractivity contribution < 1.29 is 4.74 Å². The molecule has 1 aromatic carbocycles. The molecule has 0 bridgehead atoms. The van der Waals surface area contributed by atoms with Crippen molar-refractivity contribution in [3.63, 3.8) is 0 Å². The summed E-state index contributed by atoms with van der Waals surface area (Å²) in [6.07, 6.45) is 4.52. The van der Waals surface area contributed by atoms with E-state index in [4.69, 9.17) is 9.73 Å². The van der Waals surface area contributed by atoms with Crippen molar-refractivity contribution >= 4 is 29.9 Å². The molecule has 2 heterocycles. The quantitative estimate of drug-likeness (QED) is 0.340. The number of rotatable bonds is 6. The average molecular weight is 514 g/mol. The van der Waals surface area contributed by atoms with Crippen molar-refractivity contribution in [3.8, 4) is 0 Å². The first-order valence-corrected chi connectivity index (χ1v) is 11.1. The summed E-state index contributed by atoms with van der Waals surface area (Å²) in [4.78, 5) is 7.56. The summed E-state index contributed by atoms with van der Waals surface area (Å²) in [6.45, 7) is 12.3. The predicted octanol–water partition coefficient (Wildman–Crippen LogP) is 4.20. The van der Waals surface area contributed by atoms with Crippen LogP contribution in [-0.4, -0.2) is 55.8 Å². The normalized spacial score (nSPS) is 21.3.